The highest BCUT2D eigenvalue weighted by atomic mass is 15.0. The van der Waals surface area contributed by atoms with E-state index in [9.17, 15) is 0 Å². The molecule has 1 rings (SSSR count). The molecule has 86 valence electrons. The summed E-state index contributed by atoms with van der Waals surface area (Å²) in [5, 5.41) is 0. The quantitative estimate of drug-likeness (QED) is 0.629. The molecule has 1 heterocycles. The Morgan fingerprint density at radius 1 is 1.33 bits per heavy atom. The van der Waals surface area contributed by atoms with Crippen LogP contribution in [0.3, 0.4) is 0 Å². The summed E-state index contributed by atoms with van der Waals surface area (Å²) in [5.41, 5.74) is 18.9. The maximum absolute atomic E-state index is 6.10. The van der Waals surface area contributed by atoms with Gasteiger partial charge in [-0.15, -0.1) is 0 Å². The second-order valence-corrected chi connectivity index (χ2v) is 4.47. The highest BCUT2D eigenvalue weighted by Crippen LogP contribution is 2.42. The number of rotatable bonds is 3. The summed E-state index contributed by atoms with van der Waals surface area (Å²) < 4.78 is 0. The van der Waals surface area contributed by atoms with E-state index in [-0.39, 0.29) is 11.0 Å². The van der Waals surface area contributed by atoms with Gasteiger partial charge in [0.05, 0.1) is 11.0 Å². The number of hydrogen-bond donors (Lipinski definition) is 3. The molecule has 0 unspecified atom stereocenters. The molecule has 1 atom stereocenters. The van der Waals surface area contributed by atoms with Crippen molar-refractivity contribution in [1.82, 2.24) is 0 Å². The Kier molecular flexibility index (Phi) is 3.21. The Morgan fingerprint density at radius 3 is 2.27 bits per heavy atom. The van der Waals surface area contributed by atoms with Gasteiger partial charge >= 0.3 is 0 Å². The Labute approximate surface area is 91.6 Å². The van der Waals surface area contributed by atoms with Crippen LogP contribution in [0.5, 0.6) is 0 Å². The lowest BCUT2D eigenvalue weighted by atomic mass is 9.65. The molecule has 0 radical (unpaired) electrons. The molecule has 0 aromatic rings. The fourth-order valence-electron chi connectivity index (χ4n) is 2.38. The van der Waals surface area contributed by atoms with Crippen LogP contribution >= 0.6 is 0 Å². The van der Waals surface area contributed by atoms with Crippen molar-refractivity contribution >= 4 is 5.71 Å². The molecule has 0 aromatic heterocycles. The maximum atomic E-state index is 6.10. The van der Waals surface area contributed by atoms with E-state index in [4.69, 9.17) is 17.2 Å². The van der Waals surface area contributed by atoms with Crippen LogP contribution in [0.4, 0.5) is 0 Å². The van der Waals surface area contributed by atoms with Gasteiger partial charge in [0.25, 0.3) is 0 Å². The van der Waals surface area contributed by atoms with E-state index in [1.807, 2.05) is 13.0 Å². The maximum Gasteiger partial charge on any atom is 0.0715 e. The summed E-state index contributed by atoms with van der Waals surface area (Å²) in [5.74, 6) is 0. The van der Waals surface area contributed by atoms with Gasteiger partial charge in [0.15, 0.2) is 0 Å². The number of allylic oxidation sites excluding steroid dienone is 1. The number of nitrogens with two attached hydrogens (primary N) is 3. The minimum Gasteiger partial charge on any atom is -0.401 e. The van der Waals surface area contributed by atoms with Crippen LogP contribution in [0.15, 0.2) is 16.8 Å². The zero-order valence-corrected chi connectivity index (χ0v) is 9.88. The molecule has 1 aliphatic heterocycles. The third-order valence-corrected chi connectivity index (χ3v) is 3.76. The predicted molar refractivity (Wildman–Crippen MR) is 64.6 cm³/mol. The first-order valence-corrected chi connectivity index (χ1v) is 5.40. The summed E-state index contributed by atoms with van der Waals surface area (Å²) in [4.78, 5) is 4.68. The van der Waals surface area contributed by atoms with Crippen LogP contribution in [-0.4, -0.2) is 24.3 Å². The van der Waals surface area contributed by atoms with E-state index in [2.05, 4.69) is 18.8 Å². The van der Waals surface area contributed by atoms with Crippen LogP contribution < -0.4 is 17.2 Å². The summed E-state index contributed by atoms with van der Waals surface area (Å²) in [6.07, 6.45) is 2.77. The van der Waals surface area contributed by atoms with Gasteiger partial charge in [0, 0.05) is 24.5 Å². The first kappa shape index (κ1) is 12.2. The predicted octanol–water partition coefficient (Wildman–Crippen LogP) is 0.376. The first-order chi connectivity index (χ1) is 6.95. The van der Waals surface area contributed by atoms with Gasteiger partial charge in [-0.05, 0) is 26.3 Å². The largest absolute Gasteiger partial charge is 0.401 e. The summed E-state index contributed by atoms with van der Waals surface area (Å²) in [7, 11) is 0. The van der Waals surface area contributed by atoms with Gasteiger partial charge in [0.2, 0.25) is 0 Å². The molecule has 4 heteroatoms. The molecule has 0 aliphatic carbocycles. The molecule has 0 saturated carbocycles. The Balaban J connectivity index is 3.30. The van der Waals surface area contributed by atoms with Gasteiger partial charge in [-0.1, -0.05) is 6.92 Å². The van der Waals surface area contributed by atoms with Crippen molar-refractivity contribution in [2.45, 2.75) is 32.7 Å². The number of aliphatic imine (C=N–C) groups is 1. The Bertz CT molecular complexity index is 302. The van der Waals surface area contributed by atoms with Gasteiger partial charge in [-0.3, -0.25) is 4.99 Å². The molecule has 0 bridgehead atoms. The second-order valence-electron chi connectivity index (χ2n) is 4.47. The van der Waals surface area contributed by atoms with Gasteiger partial charge in [0.1, 0.15) is 0 Å². The molecule has 6 N–H and O–H groups in total. The number of nitrogens with zero attached hydrogens (tertiary/aromatic N) is 1. The summed E-state index contributed by atoms with van der Waals surface area (Å²) in [6.45, 7) is 7.00. The van der Waals surface area contributed by atoms with Crippen LogP contribution in [0.2, 0.25) is 0 Å². The lowest BCUT2D eigenvalue weighted by Crippen LogP contribution is -2.58. The smallest absolute Gasteiger partial charge is 0.0715 e. The SMILES string of the molecule is CC[C@]1(C)N=C(C)C=C(N)C1(CN)CN. The van der Waals surface area contributed by atoms with Crippen molar-refractivity contribution in [2.24, 2.45) is 27.6 Å². The summed E-state index contributed by atoms with van der Waals surface area (Å²) in [6, 6.07) is 0. The van der Waals surface area contributed by atoms with E-state index < -0.39 is 0 Å². The van der Waals surface area contributed by atoms with Crippen molar-refractivity contribution in [3.8, 4) is 0 Å². The van der Waals surface area contributed by atoms with Crippen LogP contribution in [-0.2, 0) is 0 Å². The number of dihydropyridines is 1. The molecule has 0 aromatic carbocycles. The third-order valence-electron chi connectivity index (χ3n) is 3.76. The number of hydrogen-bond acceptors (Lipinski definition) is 4. The van der Waals surface area contributed by atoms with E-state index >= 15 is 0 Å². The van der Waals surface area contributed by atoms with Crippen LogP contribution in [0.25, 0.3) is 0 Å². The van der Waals surface area contributed by atoms with Gasteiger partial charge in [-0.25, -0.2) is 0 Å². The average Bonchev–Trinajstić information content (AvgIpc) is 2.18. The molecule has 0 spiro atoms. The lowest BCUT2D eigenvalue weighted by Gasteiger charge is -2.47. The zero-order valence-electron chi connectivity index (χ0n) is 9.88. The van der Waals surface area contributed by atoms with Crippen molar-refractivity contribution in [1.29, 1.82) is 0 Å². The van der Waals surface area contributed by atoms with Crippen molar-refractivity contribution in [3.63, 3.8) is 0 Å². The normalized spacial score (nSPS) is 29.7. The topological polar surface area (TPSA) is 90.4 Å². The Hall–Kier alpha value is -0.870. The highest BCUT2D eigenvalue weighted by Gasteiger charge is 2.49. The fraction of sp³-hybridized carbons (Fsp3) is 0.727. The highest BCUT2D eigenvalue weighted by molar-refractivity contribution is 5.94. The molecule has 0 saturated heterocycles. The molecule has 0 fully saturated rings. The fourth-order valence-corrected chi connectivity index (χ4v) is 2.38. The molecular formula is C11H22N4. The van der Waals surface area contributed by atoms with Crippen molar-refractivity contribution in [3.05, 3.63) is 11.8 Å². The average molecular weight is 210 g/mol. The standard InChI is InChI=1S/C11H22N4/c1-4-10(3)11(6-12,7-13)9(14)5-8(2)15-10/h5H,4,6-7,12-14H2,1-3H3/t10-/m0/s1. The first-order valence-electron chi connectivity index (χ1n) is 5.40. The minimum absolute atomic E-state index is 0.278. The molecule has 15 heavy (non-hydrogen) atoms. The second kappa shape index (κ2) is 3.94. The van der Waals surface area contributed by atoms with E-state index in [1.54, 1.807) is 0 Å². The third kappa shape index (κ3) is 1.58. The van der Waals surface area contributed by atoms with Gasteiger partial charge in [-0.2, -0.15) is 0 Å². The van der Waals surface area contributed by atoms with E-state index in [0.29, 0.717) is 13.1 Å². The minimum atomic E-state index is -0.388. The summed E-state index contributed by atoms with van der Waals surface area (Å²) >= 11 is 0. The van der Waals surface area contributed by atoms with E-state index in [0.717, 1.165) is 17.8 Å². The lowest BCUT2D eigenvalue weighted by molar-refractivity contribution is 0.189. The van der Waals surface area contributed by atoms with E-state index in [1.165, 1.54) is 0 Å². The molecule has 0 amide bonds. The zero-order chi connectivity index (χ0) is 11.7. The molecule has 4 nitrogen and oxygen atoms in total. The van der Waals surface area contributed by atoms with Gasteiger partial charge < -0.3 is 17.2 Å². The molecular weight excluding hydrogens is 188 g/mol. The monoisotopic (exact) mass is 210 g/mol. The van der Waals surface area contributed by atoms with Crippen LogP contribution in [0.1, 0.15) is 27.2 Å². The van der Waals surface area contributed by atoms with Crippen LogP contribution in [0, 0.1) is 5.41 Å². The molecule has 1 aliphatic rings. The van der Waals surface area contributed by atoms with Crippen molar-refractivity contribution in [2.75, 3.05) is 13.1 Å². The Morgan fingerprint density at radius 2 is 1.87 bits per heavy atom. The van der Waals surface area contributed by atoms with Crippen molar-refractivity contribution < 1.29 is 0 Å².